The zero-order valence-corrected chi connectivity index (χ0v) is 11.8. The number of carbonyl (C=O) groups excluding carboxylic acids is 1. The van der Waals surface area contributed by atoms with Crippen molar-refractivity contribution in [1.82, 2.24) is 10.2 Å². The fourth-order valence-electron chi connectivity index (χ4n) is 1.67. The first kappa shape index (κ1) is 14.8. The second kappa shape index (κ2) is 6.73. The average molecular weight is 318 g/mol. The van der Waals surface area contributed by atoms with Crippen LogP contribution in [-0.4, -0.2) is 22.8 Å². The van der Waals surface area contributed by atoms with Crippen molar-refractivity contribution in [2.45, 2.75) is 6.61 Å². The van der Waals surface area contributed by atoms with Crippen LogP contribution in [0.5, 0.6) is 5.75 Å². The van der Waals surface area contributed by atoms with Crippen LogP contribution >= 0.6 is 0 Å². The first-order chi connectivity index (χ1) is 11.2. The zero-order valence-electron chi connectivity index (χ0n) is 11.8. The lowest BCUT2D eigenvalue weighted by Gasteiger charge is -2.05. The molecule has 0 aliphatic heterocycles. The maximum atomic E-state index is 12.7. The Hall–Kier alpha value is -3.16. The lowest BCUT2D eigenvalue weighted by atomic mass is 10.3. The predicted octanol–water partition coefficient (Wildman–Crippen LogP) is 2.59. The zero-order chi connectivity index (χ0) is 16.1. The third kappa shape index (κ3) is 3.94. The molecule has 7 nitrogen and oxygen atoms in total. The number of hydrogen-bond acceptors (Lipinski definition) is 7. The molecular formula is C15H11FN2O5. The fraction of sp³-hybridized carbons (Fsp3) is 0.133. The highest BCUT2D eigenvalue weighted by Crippen LogP contribution is 2.18. The predicted molar refractivity (Wildman–Crippen MR) is 73.7 cm³/mol. The van der Waals surface area contributed by atoms with E-state index in [1.807, 2.05) is 0 Å². The van der Waals surface area contributed by atoms with Gasteiger partial charge in [-0.25, -0.2) is 9.18 Å². The Bertz CT molecular complexity index is 768. The minimum absolute atomic E-state index is 0.131. The minimum atomic E-state index is -0.618. The van der Waals surface area contributed by atoms with Gasteiger partial charge in [-0.3, -0.25) is 0 Å². The summed E-state index contributed by atoms with van der Waals surface area (Å²) in [4.78, 5) is 11.6. The molecule has 0 bridgehead atoms. The van der Waals surface area contributed by atoms with Crippen molar-refractivity contribution in [3.05, 3.63) is 54.4 Å². The van der Waals surface area contributed by atoms with Gasteiger partial charge in [-0.2, -0.15) is 0 Å². The maximum absolute atomic E-state index is 12.7. The number of nitrogens with zero attached hydrogens (tertiary/aromatic N) is 2. The molecule has 3 aromatic rings. The van der Waals surface area contributed by atoms with E-state index in [1.54, 1.807) is 12.1 Å². The van der Waals surface area contributed by atoms with Gasteiger partial charge in [0.05, 0.1) is 6.26 Å². The van der Waals surface area contributed by atoms with E-state index in [4.69, 9.17) is 18.3 Å². The van der Waals surface area contributed by atoms with Gasteiger partial charge < -0.3 is 18.3 Å². The second-order valence-corrected chi connectivity index (χ2v) is 4.38. The molecule has 118 valence electrons. The van der Waals surface area contributed by atoms with Crippen LogP contribution in [0.3, 0.4) is 0 Å². The van der Waals surface area contributed by atoms with Gasteiger partial charge in [0, 0.05) is 0 Å². The molecule has 0 saturated carbocycles. The van der Waals surface area contributed by atoms with E-state index in [-0.39, 0.29) is 30.8 Å². The van der Waals surface area contributed by atoms with Crippen LogP contribution in [0, 0.1) is 5.82 Å². The van der Waals surface area contributed by atoms with Gasteiger partial charge in [0.25, 0.3) is 11.8 Å². The molecule has 1 aromatic carbocycles. The van der Waals surface area contributed by atoms with Crippen LogP contribution in [0.15, 0.2) is 51.5 Å². The van der Waals surface area contributed by atoms with Crippen molar-refractivity contribution in [2.24, 2.45) is 0 Å². The number of benzene rings is 1. The molecule has 0 fully saturated rings. The standard InChI is InChI=1S/C15H11FN2O5/c16-10-3-5-11(6-4-10)21-9-14(19)22-8-13-17-18-15(23-13)12-2-1-7-20-12/h1-7H,8-9H2. The van der Waals surface area contributed by atoms with Crippen molar-refractivity contribution >= 4 is 5.97 Å². The summed E-state index contributed by atoms with van der Waals surface area (Å²) < 4.78 is 33.2. The molecule has 0 aliphatic rings. The lowest BCUT2D eigenvalue weighted by Crippen LogP contribution is -2.14. The summed E-state index contributed by atoms with van der Waals surface area (Å²) in [5.41, 5.74) is 0. The molecule has 2 heterocycles. The summed E-state index contributed by atoms with van der Waals surface area (Å²) >= 11 is 0. The second-order valence-electron chi connectivity index (χ2n) is 4.38. The highest BCUT2D eigenvalue weighted by atomic mass is 19.1. The van der Waals surface area contributed by atoms with Gasteiger partial charge in [-0.15, -0.1) is 10.2 Å². The number of rotatable bonds is 6. The van der Waals surface area contributed by atoms with E-state index in [1.165, 1.54) is 30.5 Å². The third-order valence-electron chi connectivity index (χ3n) is 2.73. The van der Waals surface area contributed by atoms with Crippen molar-refractivity contribution in [1.29, 1.82) is 0 Å². The van der Waals surface area contributed by atoms with E-state index < -0.39 is 5.97 Å². The van der Waals surface area contributed by atoms with Crippen molar-refractivity contribution in [3.8, 4) is 17.4 Å². The smallest absolute Gasteiger partial charge is 0.344 e. The Kier molecular flexibility index (Phi) is 4.32. The molecule has 0 atom stereocenters. The number of esters is 1. The Morgan fingerprint density at radius 3 is 2.74 bits per heavy atom. The molecule has 0 amide bonds. The highest BCUT2D eigenvalue weighted by molar-refractivity contribution is 5.71. The van der Waals surface area contributed by atoms with Crippen LogP contribution in [-0.2, 0) is 16.1 Å². The highest BCUT2D eigenvalue weighted by Gasteiger charge is 2.13. The van der Waals surface area contributed by atoms with Gasteiger partial charge in [0.2, 0.25) is 0 Å². The maximum Gasteiger partial charge on any atom is 0.344 e. The van der Waals surface area contributed by atoms with E-state index in [0.29, 0.717) is 11.5 Å². The Labute approximate surface area is 129 Å². The van der Waals surface area contributed by atoms with E-state index >= 15 is 0 Å². The molecule has 0 N–H and O–H groups in total. The summed E-state index contributed by atoms with van der Waals surface area (Å²) in [6.45, 7) is -0.496. The number of aromatic nitrogens is 2. The van der Waals surface area contributed by atoms with Gasteiger partial charge in [0.1, 0.15) is 11.6 Å². The normalized spacial score (nSPS) is 10.5. The summed E-state index contributed by atoms with van der Waals surface area (Å²) in [5.74, 6) is 0.113. The van der Waals surface area contributed by atoms with Gasteiger partial charge in [-0.1, -0.05) is 0 Å². The Balaban J connectivity index is 1.46. The Morgan fingerprint density at radius 2 is 2.00 bits per heavy atom. The monoisotopic (exact) mass is 318 g/mol. The molecule has 0 radical (unpaired) electrons. The molecule has 3 rings (SSSR count). The summed E-state index contributed by atoms with van der Waals surface area (Å²) in [5, 5.41) is 7.51. The molecule has 0 aliphatic carbocycles. The quantitative estimate of drug-likeness (QED) is 0.645. The molecule has 23 heavy (non-hydrogen) atoms. The van der Waals surface area contributed by atoms with Gasteiger partial charge in [-0.05, 0) is 36.4 Å². The van der Waals surface area contributed by atoms with Crippen molar-refractivity contribution < 1.29 is 27.5 Å². The summed E-state index contributed by atoms with van der Waals surface area (Å²) in [6.07, 6.45) is 1.48. The number of hydrogen-bond donors (Lipinski definition) is 0. The lowest BCUT2D eigenvalue weighted by molar-refractivity contribution is -0.148. The van der Waals surface area contributed by atoms with Gasteiger partial charge in [0.15, 0.2) is 19.0 Å². The molecule has 2 aromatic heterocycles. The first-order valence-electron chi connectivity index (χ1n) is 6.61. The minimum Gasteiger partial charge on any atom is -0.482 e. The number of carbonyl (C=O) groups is 1. The summed E-state index contributed by atoms with van der Waals surface area (Å²) in [6, 6.07) is 8.64. The van der Waals surface area contributed by atoms with Crippen molar-refractivity contribution in [2.75, 3.05) is 6.61 Å². The largest absolute Gasteiger partial charge is 0.482 e. The molecular weight excluding hydrogens is 307 g/mol. The number of furan rings is 1. The molecule has 8 heteroatoms. The Morgan fingerprint density at radius 1 is 1.17 bits per heavy atom. The van der Waals surface area contributed by atoms with Crippen molar-refractivity contribution in [3.63, 3.8) is 0 Å². The molecule has 0 saturated heterocycles. The van der Waals surface area contributed by atoms with Crippen LogP contribution in [0.25, 0.3) is 11.7 Å². The third-order valence-corrected chi connectivity index (χ3v) is 2.73. The number of halogens is 1. The van der Waals surface area contributed by atoms with E-state index in [0.717, 1.165) is 0 Å². The van der Waals surface area contributed by atoms with E-state index in [2.05, 4.69) is 10.2 Å². The van der Waals surface area contributed by atoms with Gasteiger partial charge >= 0.3 is 5.97 Å². The molecule has 0 spiro atoms. The van der Waals surface area contributed by atoms with Crippen LogP contribution < -0.4 is 4.74 Å². The SMILES string of the molecule is O=C(COc1ccc(F)cc1)OCc1nnc(-c2ccco2)o1. The van der Waals surface area contributed by atoms with E-state index in [9.17, 15) is 9.18 Å². The van der Waals surface area contributed by atoms with Crippen LogP contribution in [0.4, 0.5) is 4.39 Å². The fourth-order valence-corrected chi connectivity index (χ4v) is 1.67. The molecule has 0 unspecified atom stereocenters. The first-order valence-corrected chi connectivity index (χ1v) is 6.61. The topological polar surface area (TPSA) is 87.6 Å². The number of ether oxygens (including phenoxy) is 2. The van der Waals surface area contributed by atoms with Crippen LogP contribution in [0.2, 0.25) is 0 Å². The average Bonchev–Trinajstić information content (AvgIpc) is 3.23. The summed E-state index contributed by atoms with van der Waals surface area (Å²) in [7, 11) is 0. The van der Waals surface area contributed by atoms with Crippen LogP contribution in [0.1, 0.15) is 5.89 Å².